The smallest absolute Gasteiger partial charge is 0.353 e. The van der Waals surface area contributed by atoms with E-state index in [1.807, 2.05) is 13.8 Å². The summed E-state index contributed by atoms with van der Waals surface area (Å²) in [6.07, 6.45) is 0.0668. The summed E-state index contributed by atoms with van der Waals surface area (Å²) in [6.45, 7) is 6.10. The third-order valence-corrected chi connectivity index (χ3v) is 8.36. The highest BCUT2D eigenvalue weighted by Crippen LogP contribution is 2.51. The minimum Gasteiger partial charge on any atom is -0.477 e. The maximum atomic E-state index is 12.4. The number of carboxylic acids is 1. The van der Waals surface area contributed by atoms with E-state index < -0.39 is 23.9 Å². The zero-order chi connectivity index (χ0) is 22.2. The van der Waals surface area contributed by atoms with Crippen LogP contribution in [0.3, 0.4) is 0 Å². The molecular weight excluding hydrogens is 428 g/mol. The van der Waals surface area contributed by atoms with E-state index in [2.05, 4.69) is 10.3 Å². The summed E-state index contributed by atoms with van der Waals surface area (Å²) >= 11 is 3.10. The van der Waals surface area contributed by atoms with Crippen LogP contribution < -0.4 is 11.1 Å². The van der Waals surface area contributed by atoms with Gasteiger partial charge in [0.25, 0.3) is 0 Å². The van der Waals surface area contributed by atoms with Crippen molar-refractivity contribution in [1.82, 2.24) is 10.2 Å². The molecule has 0 saturated carbocycles. The fraction of sp³-hybridized carbons (Fsp3) is 0.684. The molecule has 2 saturated heterocycles. The molecule has 5 N–H and O–H groups in total. The zero-order valence-electron chi connectivity index (χ0n) is 17.2. The molecule has 3 aliphatic rings. The molecule has 3 aliphatic heterocycles. The summed E-state index contributed by atoms with van der Waals surface area (Å²) in [4.78, 5) is 41.3. The number of primary amides is 1. The van der Waals surface area contributed by atoms with Crippen LogP contribution in [0.4, 0.5) is 0 Å². The quantitative estimate of drug-likeness (QED) is 0.231. The van der Waals surface area contributed by atoms with E-state index in [9.17, 15) is 24.6 Å². The highest BCUT2D eigenvalue weighted by Gasteiger charge is 2.60. The summed E-state index contributed by atoms with van der Waals surface area (Å²) in [5.74, 6) is -1.72. The van der Waals surface area contributed by atoms with E-state index in [0.717, 1.165) is 28.7 Å². The number of rotatable bonds is 8. The first-order valence-electron chi connectivity index (χ1n) is 9.92. The van der Waals surface area contributed by atoms with Crippen LogP contribution in [0.5, 0.6) is 0 Å². The average molecular weight is 457 g/mol. The van der Waals surface area contributed by atoms with Gasteiger partial charge in [0.05, 0.1) is 23.1 Å². The van der Waals surface area contributed by atoms with Crippen molar-refractivity contribution >= 4 is 46.4 Å². The Labute approximate surface area is 183 Å². The highest BCUT2D eigenvalue weighted by molar-refractivity contribution is 8.13. The molecule has 166 valence electrons. The van der Waals surface area contributed by atoms with Crippen LogP contribution in [-0.2, 0) is 14.4 Å². The van der Waals surface area contributed by atoms with Crippen molar-refractivity contribution in [2.75, 3.05) is 18.8 Å². The van der Waals surface area contributed by atoms with E-state index in [4.69, 9.17) is 5.73 Å². The number of aliphatic hydroxyl groups is 1. The Hall–Kier alpha value is -1.56. The number of carboxylic acid groups (broad SMARTS) is 1. The van der Waals surface area contributed by atoms with Gasteiger partial charge in [0.2, 0.25) is 11.8 Å². The number of aliphatic hydroxyl groups excluding tert-OH is 1. The number of hydrogen-bond acceptors (Lipinski definition) is 8. The topological polar surface area (TPSA) is 145 Å². The molecule has 0 aliphatic carbocycles. The van der Waals surface area contributed by atoms with Crippen LogP contribution in [0, 0.1) is 11.8 Å². The van der Waals surface area contributed by atoms with Gasteiger partial charge < -0.3 is 26.2 Å². The van der Waals surface area contributed by atoms with Crippen LogP contribution in [-0.4, -0.2) is 80.2 Å². The lowest BCUT2D eigenvalue weighted by Gasteiger charge is -2.46. The standard InChI is InChI=1S/C19H28N4O5S2/c1-8-15-14(9(2)24)18(26)23(15)16(19(27)28)17(8)30-12-4-11(22-5-12)7-29-10(3)21-6-13(20)25/h8-9,11-12,14-15,22,24H,4-7H2,1-3H3,(H2,20,25)(H,27,28)/t8-,9-,11+,12+,14-,15?/m1/s1. The number of amides is 2. The SMILES string of the molecule is CC(=NCC(N)=O)SC[C@@H]1C[C@H](SC2=C(C(=O)O)N3C(=O)[C@H]([C@@H](C)O)C3[C@H]2C)CN1. The van der Waals surface area contributed by atoms with Gasteiger partial charge in [0.15, 0.2) is 0 Å². The van der Waals surface area contributed by atoms with Crippen LogP contribution >= 0.6 is 23.5 Å². The first kappa shape index (κ1) is 23.1. The number of thioether (sulfide) groups is 2. The Morgan fingerprint density at radius 1 is 1.43 bits per heavy atom. The molecule has 6 atom stereocenters. The minimum absolute atomic E-state index is 0.0107. The van der Waals surface area contributed by atoms with Crippen LogP contribution in [0.1, 0.15) is 27.2 Å². The molecule has 9 nitrogen and oxygen atoms in total. The molecule has 0 radical (unpaired) electrons. The Bertz CT molecular complexity index is 800. The van der Waals surface area contributed by atoms with Gasteiger partial charge in [-0.3, -0.25) is 14.6 Å². The Morgan fingerprint density at radius 2 is 2.13 bits per heavy atom. The summed E-state index contributed by atoms with van der Waals surface area (Å²) in [7, 11) is 0. The van der Waals surface area contributed by atoms with Gasteiger partial charge in [0, 0.05) is 34.4 Å². The molecule has 3 rings (SSSR count). The molecule has 0 bridgehead atoms. The fourth-order valence-corrected chi connectivity index (χ4v) is 6.68. The first-order valence-corrected chi connectivity index (χ1v) is 11.8. The molecule has 2 amide bonds. The van der Waals surface area contributed by atoms with Crippen molar-refractivity contribution in [3.63, 3.8) is 0 Å². The molecule has 1 unspecified atom stereocenters. The monoisotopic (exact) mass is 456 g/mol. The van der Waals surface area contributed by atoms with Gasteiger partial charge >= 0.3 is 5.97 Å². The number of carbonyl (C=O) groups excluding carboxylic acids is 2. The minimum atomic E-state index is -1.09. The summed E-state index contributed by atoms with van der Waals surface area (Å²) in [5, 5.41) is 24.1. The lowest BCUT2D eigenvalue weighted by Crippen LogP contribution is -2.63. The van der Waals surface area contributed by atoms with Crippen molar-refractivity contribution in [1.29, 1.82) is 0 Å². The maximum Gasteiger partial charge on any atom is 0.353 e. The number of carbonyl (C=O) groups is 3. The largest absolute Gasteiger partial charge is 0.477 e. The fourth-order valence-electron chi connectivity index (χ4n) is 4.31. The molecule has 2 fully saturated rings. The number of fused-ring (bicyclic) bond motifs is 1. The van der Waals surface area contributed by atoms with Crippen molar-refractivity contribution in [2.45, 2.75) is 50.6 Å². The van der Waals surface area contributed by atoms with E-state index >= 15 is 0 Å². The predicted molar refractivity (Wildman–Crippen MR) is 117 cm³/mol. The second-order valence-corrected chi connectivity index (χ2v) is 10.5. The maximum absolute atomic E-state index is 12.4. The first-order chi connectivity index (χ1) is 14.1. The summed E-state index contributed by atoms with van der Waals surface area (Å²) < 4.78 is 0. The Morgan fingerprint density at radius 3 is 2.73 bits per heavy atom. The molecule has 0 aromatic carbocycles. The molecule has 3 heterocycles. The van der Waals surface area contributed by atoms with Crippen molar-refractivity contribution in [3.8, 4) is 0 Å². The second-order valence-electron chi connectivity index (χ2n) is 7.97. The van der Waals surface area contributed by atoms with Gasteiger partial charge in [-0.2, -0.15) is 0 Å². The van der Waals surface area contributed by atoms with Crippen LogP contribution in [0.2, 0.25) is 0 Å². The van der Waals surface area contributed by atoms with Crippen molar-refractivity contribution < 1.29 is 24.6 Å². The number of β-lactam (4-membered cyclic amide) rings is 1. The average Bonchev–Trinajstić information content (AvgIpc) is 3.20. The zero-order valence-corrected chi connectivity index (χ0v) is 18.8. The van der Waals surface area contributed by atoms with Gasteiger partial charge in [-0.25, -0.2) is 4.79 Å². The highest BCUT2D eigenvalue weighted by atomic mass is 32.2. The van der Waals surface area contributed by atoms with Gasteiger partial charge in [-0.15, -0.1) is 23.5 Å². The lowest BCUT2D eigenvalue weighted by atomic mass is 9.79. The summed E-state index contributed by atoms with van der Waals surface area (Å²) in [5.41, 5.74) is 5.18. The van der Waals surface area contributed by atoms with E-state index in [-0.39, 0.29) is 41.4 Å². The second kappa shape index (κ2) is 9.29. The molecular formula is C19H28N4O5S2. The lowest BCUT2D eigenvalue weighted by molar-refractivity contribution is -0.163. The Balaban J connectivity index is 1.61. The van der Waals surface area contributed by atoms with Gasteiger partial charge in [0.1, 0.15) is 12.2 Å². The molecule has 30 heavy (non-hydrogen) atoms. The van der Waals surface area contributed by atoms with E-state index in [1.165, 1.54) is 16.7 Å². The number of aliphatic imine (C=N–C) groups is 1. The van der Waals surface area contributed by atoms with Gasteiger partial charge in [-0.05, 0) is 20.3 Å². The molecule has 11 heteroatoms. The third kappa shape index (κ3) is 4.53. The van der Waals surface area contributed by atoms with Crippen LogP contribution in [0.25, 0.3) is 0 Å². The predicted octanol–water partition coefficient (Wildman–Crippen LogP) is 0.241. The van der Waals surface area contributed by atoms with Crippen LogP contribution in [0.15, 0.2) is 15.6 Å². The number of nitrogens with two attached hydrogens (primary N) is 1. The van der Waals surface area contributed by atoms with E-state index in [1.54, 1.807) is 18.7 Å². The molecule has 0 spiro atoms. The van der Waals surface area contributed by atoms with E-state index in [0.29, 0.717) is 0 Å². The Kier molecular flexibility index (Phi) is 7.16. The normalized spacial score (nSPS) is 32.3. The molecule has 0 aromatic rings. The molecule has 0 aromatic heterocycles. The van der Waals surface area contributed by atoms with Gasteiger partial charge in [-0.1, -0.05) is 6.92 Å². The number of aliphatic carboxylic acids is 1. The van der Waals surface area contributed by atoms with Crippen molar-refractivity contribution in [3.05, 3.63) is 10.6 Å². The number of nitrogens with one attached hydrogen (secondary N) is 1. The third-order valence-electron chi connectivity index (χ3n) is 5.74. The summed E-state index contributed by atoms with van der Waals surface area (Å²) in [6, 6.07) is -0.0309. The number of nitrogens with zero attached hydrogens (tertiary/aromatic N) is 2. The number of hydrogen-bond donors (Lipinski definition) is 4. The van der Waals surface area contributed by atoms with Crippen molar-refractivity contribution in [2.24, 2.45) is 22.6 Å².